The van der Waals surface area contributed by atoms with Crippen molar-refractivity contribution in [2.45, 2.75) is 30.8 Å². The fraction of sp³-hybridized carbons (Fsp3) is 0.190. The van der Waals surface area contributed by atoms with E-state index in [2.05, 4.69) is 10.2 Å². The Kier molecular flexibility index (Phi) is 5.26. The number of rotatable bonds is 6. The number of aromatic hydroxyl groups is 1. The maximum Gasteiger partial charge on any atom is 0.343 e. The van der Waals surface area contributed by atoms with Crippen LogP contribution in [0.1, 0.15) is 16.7 Å². The van der Waals surface area contributed by atoms with E-state index < -0.39 is 5.63 Å². The van der Waals surface area contributed by atoms with Gasteiger partial charge in [-0.25, -0.2) is 14.7 Å². The van der Waals surface area contributed by atoms with E-state index in [9.17, 15) is 14.7 Å². The molecule has 7 nitrogen and oxygen atoms in total. The maximum absolute atomic E-state index is 12.2. The molecular formula is C21H19N3O4S. The summed E-state index contributed by atoms with van der Waals surface area (Å²) >= 11 is 1.37. The van der Waals surface area contributed by atoms with E-state index in [1.807, 2.05) is 30.3 Å². The molecule has 4 aromatic rings. The third-order valence-corrected chi connectivity index (χ3v) is 5.79. The standard InChI is InChI=1S/C21H19N3O4S/c1-13-17(25)8-7-16-15(11-18(26)28-19(13)16)12-29-21-23-22-20(27)24(21)10-9-14-5-3-2-4-6-14/h2-8,11,25H,9-10,12H2,1H3,(H,22,27). The summed E-state index contributed by atoms with van der Waals surface area (Å²) in [5.41, 5.74) is 2.04. The van der Waals surface area contributed by atoms with Crippen LogP contribution in [0.25, 0.3) is 11.0 Å². The number of thioether (sulfide) groups is 1. The van der Waals surface area contributed by atoms with Crippen LogP contribution < -0.4 is 11.3 Å². The van der Waals surface area contributed by atoms with Crippen molar-refractivity contribution >= 4 is 22.7 Å². The van der Waals surface area contributed by atoms with Crippen molar-refractivity contribution in [2.24, 2.45) is 0 Å². The lowest BCUT2D eigenvalue weighted by atomic mass is 10.1. The Morgan fingerprint density at radius 2 is 1.97 bits per heavy atom. The normalized spacial score (nSPS) is 11.2. The number of nitrogens with zero attached hydrogens (tertiary/aromatic N) is 2. The summed E-state index contributed by atoms with van der Waals surface area (Å²) in [6.45, 7) is 2.21. The molecule has 0 saturated heterocycles. The molecule has 0 saturated carbocycles. The average molecular weight is 409 g/mol. The van der Waals surface area contributed by atoms with E-state index in [-0.39, 0.29) is 11.4 Å². The number of aromatic nitrogens is 3. The van der Waals surface area contributed by atoms with Crippen LogP contribution in [0.2, 0.25) is 0 Å². The minimum Gasteiger partial charge on any atom is -0.508 e. The van der Waals surface area contributed by atoms with Gasteiger partial charge in [-0.2, -0.15) is 0 Å². The van der Waals surface area contributed by atoms with Gasteiger partial charge in [0.15, 0.2) is 5.16 Å². The van der Waals surface area contributed by atoms with Crippen molar-refractivity contribution in [2.75, 3.05) is 0 Å². The van der Waals surface area contributed by atoms with E-state index in [4.69, 9.17) is 4.42 Å². The molecule has 0 radical (unpaired) electrons. The Morgan fingerprint density at radius 1 is 1.17 bits per heavy atom. The van der Waals surface area contributed by atoms with Crippen LogP contribution in [0, 0.1) is 6.92 Å². The smallest absolute Gasteiger partial charge is 0.343 e. The second kappa shape index (κ2) is 8.00. The minimum absolute atomic E-state index is 0.0764. The number of aromatic amines is 1. The number of aryl methyl sites for hydroxylation is 2. The zero-order valence-corrected chi connectivity index (χ0v) is 16.5. The molecular weight excluding hydrogens is 390 g/mol. The van der Waals surface area contributed by atoms with Crippen molar-refractivity contribution in [3.05, 3.63) is 86.1 Å². The van der Waals surface area contributed by atoms with Crippen LogP contribution in [0.3, 0.4) is 0 Å². The number of hydrogen-bond donors (Lipinski definition) is 2. The molecule has 0 fully saturated rings. The molecule has 0 atom stereocenters. The first kappa shape index (κ1) is 19.1. The lowest BCUT2D eigenvalue weighted by Crippen LogP contribution is -2.18. The van der Waals surface area contributed by atoms with Crippen LogP contribution in [0.15, 0.2) is 67.7 Å². The molecule has 2 heterocycles. The number of fused-ring (bicyclic) bond motifs is 1. The van der Waals surface area contributed by atoms with Crippen molar-refractivity contribution in [1.82, 2.24) is 14.8 Å². The van der Waals surface area contributed by atoms with E-state index in [0.29, 0.717) is 35.0 Å². The maximum atomic E-state index is 12.2. The quantitative estimate of drug-likeness (QED) is 0.375. The summed E-state index contributed by atoms with van der Waals surface area (Å²) in [6.07, 6.45) is 0.712. The van der Waals surface area contributed by atoms with Gasteiger partial charge < -0.3 is 9.52 Å². The van der Waals surface area contributed by atoms with Crippen LogP contribution in [0.4, 0.5) is 0 Å². The Balaban J connectivity index is 1.58. The summed E-state index contributed by atoms with van der Waals surface area (Å²) in [7, 11) is 0. The number of H-pyrrole nitrogens is 1. The molecule has 0 aliphatic carbocycles. The van der Waals surface area contributed by atoms with E-state index in [1.54, 1.807) is 23.6 Å². The highest BCUT2D eigenvalue weighted by molar-refractivity contribution is 7.98. The fourth-order valence-electron chi connectivity index (χ4n) is 3.17. The number of phenols is 1. The molecule has 148 valence electrons. The predicted molar refractivity (Wildman–Crippen MR) is 111 cm³/mol. The molecule has 8 heteroatoms. The minimum atomic E-state index is -0.481. The summed E-state index contributed by atoms with van der Waals surface area (Å²) < 4.78 is 6.88. The Labute approximate surface area is 170 Å². The summed E-state index contributed by atoms with van der Waals surface area (Å²) in [6, 6.07) is 14.7. The van der Waals surface area contributed by atoms with Crippen molar-refractivity contribution in [3.63, 3.8) is 0 Å². The molecule has 0 bridgehead atoms. The summed E-state index contributed by atoms with van der Waals surface area (Å²) in [5, 5.41) is 17.8. The first-order valence-corrected chi connectivity index (χ1v) is 10.1. The topological polar surface area (TPSA) is 101 Å². The Morgan fingerprint density at radius 3 is 2.76 bits per heavy atom. The van der Waals surface area contributed by atoms with Gasteiger partial charge in [0, 0.05) is 29.3 Å². The lowest BCUT2D eigenvalue weighted by Gasteiger charge is -2.09. The van der Waals surface area contributed by atoms with Crippen molar-refractivity contribution in [1.29, 1.82) is 0 Å². The first-order valence-electron chi connectivity index (χ1n) is 9.10. The molecule has 4 rings (SSSR count). The van der Waals surface area contributed by atoms with E-state index >= 15 is 0 Å². The molecule has 0 amide bonds. The monoisotopic (exact) mass is 409 g/mol. The Bertz CT molecular complexity index is 1270. The molecule has 2 N–H and O–H groups in total. The van der Waals surface area contributed by atoms with Crippen LogP contribution >= 0.6 is 11.8 Å². The number of nitrogens with one attached hydrogen (secondary N) is 1. The number of phenolic OH excluding ortho intramolecular Hbond substituents is 1. The average Bonchev–Trinajstić information content (AvgIpc) is 3.08. The lowest BCUT2D eigenvalue weighted by molar-refractivity contribution is 0.468. The fourth-order valence-corrected chi connectivity index (χ4v) is 4.14. The predicted octanol–water partition coefficient (Wildman–Crippen LogP) is 3.23. The zero-order chi connectivity index (χ0) is 20.4. The third-order valence-electron chi connectivity index (χ3n) is 4.76. The zero-order valence-electron chi connectivity index (χ0n) is 15.7. The van der Waals surface area contributed by atoms with Gasteiger partial charge in [-0.05, 0) is 36.6 Å². The second-order valence-corrected chi connectivity index (χ2v) is 7.61. The van der Waals surface area contributed by atoms with Gasteiger partial charge in [-0.3, -0.25) is 4.57 Å². The molecule has 29 heavy (non-hydrogen) atoms. The van der Waals surface area contributed by atoms with Crippen molar-refractivity contribution in [3.8, 4) is 5.75 Å². The van der Waals surface area contributed by atoms with Gasteiger partial charge in [0.1, 0.15) is 11.3 Å². The van der Waals surface area contributed by atoms with Gasteiger partial charge in [-0.1, -0.05) is 42.1 Å². The summed E-state index contributed by atoms with van der Waals surface area (Å²) in [5.74, 6) is 0.509. The third kappa shape index (κ3) is 3.97. The number of benzene rings is 2. The van der Waals surface area contributed by atoms with Gasteiger partial charge in [0.25, 0.3) is 0 Å². The van der Waals surface area contributed by atoms with Gasteiger partial charge in [0.2, 0.25) is 0 Å². The molecule has 0 unspecified atom stereocenters. The highest BCUT2D eigenvalue weighted by Gasteiger charge is 2.14. The highest BCUT2D eigenvalue weighted by atomic mass is 32.2. The molecule has 2 aromatic carbocycles. The van der Waals surface area contributed by atoms with E-state index in [0.717, 1.165) is 16.5 Å². The van der Waals surface area contributed by atoms with Crippen LogP contribution in [-0.2, 0) is 18.7 Å². The molecule has 0 spiro atoms. The van der Waals surface area contributed by atoms with Crippen LogP contribution in [-0.4, -0.2) is 19.9 Å². The number of hydrogen-bond acceptors (Lipinski definition) is 6. The SMILES string of the molecule is Cc1c(O)ccc2c(CSc3n[nH]c(=O)n3CCc3ccccc3)cc(=O)oc12. The second-order valence-electron chi connectivity index (χ2n) is 6.66. The Hall–Kier alpha value is -3.26. The molecule has 0 aliphatic rings. The molecule has 0 aliphatic heterocycles. The van der Waals surface area contributed by atoms with Gasteiger partial charge in [-0.15, -0.1) is 5.10 Å². The largest absolute Gasteiger partial charge is 0.508 e. The highest BCUT2D eigenvalue weighted by Crippen LogP contribution is 2.30. The van der Waals surface area contributed by atoms with Gasteiger partial charge in [0.05, 0.1) is 0 Å². The van der Waals surface area contributed by atoms with Crippen molar-refractivity contribution < 1.29 is 9.52 Å². The van der Waals surface area contributed by atoms with Crippen LogP contribution in [0.5, 0.6) is 5.75 Å². The molecule has 2 aromatic heterocycles. The first-order chi connectivity index (χ1) is 14.0. The van der Waals surface area contributed by atoms with E-state index in [1.165, 1.54) is 17.8 Å². The van der Waals surface area contributed by atoms with Gasteiger partial charge >= 0.3 is 11.3 Å². The summed E-state index contributed by atoms with van der Waals surface area (Å²) in [4.78, 5) is 24.1.